The molecule has 1 aliphatic carbocycles. The van der Waals surface area contributed by atoms with Crippen LogP contribution >= 0.6 is 0 Å². The summed E-state index contributed by atoms with van der Waals surface area (Å²) < 4.78 is 4.49. The molecular formula is C11H14N2O2. The Hall–Kier alpha value is -1.71. The van der Waals surface area contributed by atoms with E-state index in [1.807, 2.05) is 24.3 Å². The van der Waals surface area contributed by atoms with E-state index in [-0.39, 0.29) is 0 Å². The predicted octanol–water partition coefficient (Wildman–Crippen LogP) is 2.44. The summed E-state index contributed by atoms with van der Waals surface area (Å²) in [7, 11) is 1.35. The zero-order chi connectivity index (χ0) is 10.7. The van der Waals surface area contributed by atoms with Crippen molar-refractivity contribution in [3.63, 3.8) is 0 Å². The quantitative estimate of drug-likeness (QED) is 0.798. The van der Waals surface area contributed by atoms with Gasteiger partial charge in [-0.15, -0.1) is 0 Å². The van der Waals surface area contributed by atoms with Gasteiger partial charge in [0.2, 0.25) is 0 Å². The van der Waals surface area contributed by atoms with E-state index in [1.54, 1.807) is 0 Å². The van der Waals surface area contributed by atoms with Gasteiger partial charge in [-0.25, -0.2) is 4.79 Å². The lowest BCUT2D eigenvalue weighted by Crippen LogP contribution is -2.10. The molecule has 15 heavy (non-hydrogen) atoms. The Morgan fingerprint density at radius 3 is 2.40 bits per heavy atom. The molecule has 0 saturated heterocycles. The number of amides is 1. The zero-order valence-corrected chi connectivity index (χ0v) is 8.62. The van der Waals surface area contributed by atoms with Gasteiger partial charge >= 0.3 is 6.09 Å². The van der Waals surface area contributed by atoms with Gasteiger partial charge in [0.15, 0.2) is 0 Å². The molecule has 0 heterocycles. The lowest BCUT2D eigenvalue weighted by atomic mass is 10.3. The van der Waals surface area contributed by atoms with E-state index >= 15 is 0 Å². The second kappa shape index (κ2) is 4.21. The number of anilines is 2. The zero-order valence-electron chi connectivity index (χ0n) is 8.62. The fourth-order valence-electron chi connectivity index (χ4n) is 1.28. The minimum Gasteiger partial charge on any atom is -0.453 e. The summed E-state index contributed by atoms with van der Waals surface area (Å²) in [5, 5.41) is 5.97. The van der Waals surface area contributed by atoms with Crippen molar-refractivity contribution in [1.29, 1.82) is 0 Å². The average Bonchev–Trinajstić information content (AvgIpc) is 3.05. The van der Waals surface area contributed by atoms with Crippen molar-refractivity contribution >= 4 is 17.5 Å². The van der Waals surface area contributed by atoms with Crippen molar-refractivity contribution < 1.29 is 9.53 Å². The molecule has 1 saturated carbocycles. The van der Waals surface area contributed by atoms with Crippen LogP contribution in [0.15, 0.2) is 24.3 Å². The van der Waals surface area contributed by atoms with Crippen LogP contribution in [0.25, 0.3) is 0 Å². The Labute approximate surface area is 88.6 Å². The van der Waals surface area contributed by atoms with Crippen LogP contribution in [0.2, 0.25) is 0 Å². The van der Waals surface area contributed by atoms with Crippen LogP contribution in [-0.2, 0) is 4.74 Å². The van der Waals surface area contributed by atoms with Gasteiger partial charge in [0.05, 0.1) is 7.11 Å². The number of hydrogen-bond acceptors (Lipinski definition) is 3. The first-order valence-corrected chi connectivity index (χ1v) is 4.99. The van der Waals surface area contributed by atoms with Gasteiger partial charge < -0.3 is 10.1 Å². The molecule has 2 rings (SSSR count). The number of benzene rings is 1. The highest BCUT2D eigenvalue weighted by molar-refractivity contribution is 5.84. The number of methoxy groups -OCH3 is 1. The molecule has 0 atom stereocenters. The Balaban J connectivity index is 1.93. The summed E-state index contributed by atoms with van der Waals surface area (Å²) in [6, 6.07) is 8.24. The number of carbonyl (C=O) groups is 1. The van der Waals surface area contributed by atoms with Gasteiger partial charge in [0.1, 0.15) is 0 Å². The molecule has 0 radical (unpaired) electrons. The van der Waals surface area contributed by atoms with E-state index in [0.29, 0.717) is 6.04 Å². The van der Waals surface area contributed by atoms with Gasteiger partial charge in [-0.3, -0.25) is 5.32 Å². The maximum Gasteiger partial charge on any atom is 0.411 e. The van der Waals surface area contributed by atoms with Crippen molar-refractivity contribution in [3.05, 3.63) is 24.3 Å². The Morgan fingerprint density at radius 1 is 1.27 bits per heavy atom. The average molecular weight is 206 g/mol. The van der Waals surface area contributed by atoms with E-state index in [0.717, 1.165) is 11.4 Å². The summed E-state index contributed by atoms with van der Waals surface area (Å²) >= 11 is 0. The van der Waals surface area contributed by atoms with Crippen LogP contribution in [0, 0.1) is 0 Å². The first-order valence-electron chi connectivity index (χ1n) is 4.99. The minimum atomic E-state index is -0.446. The maximum atomic E-state index is 10.9. The Morgan fingerprint density at radius 2 is 1.87 bits per heavy atom. The molecule has 1 amide bonds. The van der Waals surface area contributed by atoms with Crippen LogP contribution in [0.3, 0.4) is 0 Å². The summed E-state index contributed by atoms with van der Waals surface area (Å²) in [6.45, 7) is 0. The molecule has 2 N–H and O–H groups in total. The predicted molar refractivity (Wildman–Crippen MR) is 59.1 cm³/mol. The highest BCUT2D eigenvalue weighted by Crippen LogP contribution is 2.25. The molecule has 1 aromatic carbocycles. The molecule has 4 heteroatoms. The van der Waals surface area contributed by atoms with Crippen LogP contribution in [0.4, 0.5) is 16.2 Å². The van der Waals surface area contributed by atoms with Crippen LogP contribution in [0.5, 0.6) is 0 Å². The van der Waals surface area contributed by atoms with Crippen molar-refractivity contribution in [3.8, 4) is 0 Å². The number of nitrogens with one attached hydrogen (secondary N) is 2. The molecule has 0 spiro atoms. The summed E-state index contributed by atoms with van der Waals surface area (Å²) in [5.41, 5.74) is 1.83. The topological polar surface area (TPSA) is 50.4 Å². The molecule has 0 aliphatic heterocycles. The molecule has 0 bridgehead atoms. The number of ether oxygens (including phenoxy) is 1. The van der Waals surface area contributed by atoms with Crippen LogP contribution in [-0.4, -0.2) is 19.2 Å². The first kappa shape index (κ1) is 9.83. The highest BCUT2D eigenvalue weighted by Gasteiger charge is 2.20. The van der Waals surface area contributed by atoms with E-state index in [2.05, 4.69) is 15.4 Å². The van der Waals surface area contributed by atoms with Gasteiger partial charge in [-0.2, -0.15) is 0 Å². The highest BCUT2D eigenvalue weighted by atomic mass is 16.5. The van der Waals surface area contributed by atoms with Crippen LogP contribution < -0.4 is 10.6 Å². The van der Waals surface area contributed by atoms with E-state index < -0.39 is 6.09 Å². The van der Waals surface area contributed by atoms with Gasteiger partial charge in [0, 0.05) is 17.4 Å². The van der Waals surface area contributed by atoms with Gasteiger partial charge in [-0.05, 0) is 37.1 Å². The number of carbonyl (C=O) groups excluding carboxylic acids is 1. The van der Waals surface area contributed by atoms with E-state index in [4.69, 9.17) is 0 Å². The summed E-state index contributed by atoms with van der Waals surface area (Å²) in [6.07, 6.45) is 2.06. The van der Waals surface area contributed by atoms with Crippen molar-refractivity contribution in [2.45, 2.75) is 18.9 Å². The monoisotopic (exact) mass is 206 g/mol. The summed E-state index contributed by atoms with van der Waals surface area (Å²) in [5.74, 6) is 0. The second-order valence-electron chi connectivity index (χ2n) is 3.61. The smallest absolute Gasteiger partial charge is 0.411 e. The molecule has 80 valence electrons. The molecule has 1 fully saturated rings. The largest absolute Gasteiger partial charge is 0.453 e. The molecule has 0 aromatic heterocycles. The third-order valence-electron chi connectivity index (χ3n) is 2.26. The second-order valence-corrected chi connectivity index (χ2v) is 3.61. The minimum absolute atomic E-state index is 0.446. The third-order valence-corrected chi connectivity index (χ3v) is 2.26. The molecule has 1 aliphatic rings. The molecule has 0 unspecified atom stereocenters. The van der Waals surface area contributed by atoms with E-state index in [1.165, 1.54) is 20.0 Å². The van der Waals surface area contributed by atoms with Crippen LogP contribution in [0.1, 0.15) is 12.8 Å². The molecule has 1 aromatic rings. The number of rotatable bonds is 3. The third kappa shape index (κ3) is 2.87. The van der Waals surface area contributed by atoms with Gasteiger partial charge in [0.25, 0.3) is 0 Å². The normalized spacial score (nSPS) is 14.5. The number of hydrogen-bond donors (Lipinski definition) is 2. The van der Waals surface area contributed by atoms with Crippen molar-refractivity contribution in [2.24, 2.45) is 0 Å². The van der Waals surface area contributed by atoms with Crippen molar-refractivity contribution in [1.82, 2.24) is 0 Å². The van der Waals surface area contributed by atoms with Crippen molar-refractivity contribution in [2.75, 3.05) is 17.7 Å². The fraction of sp³-hybridized carbons (Fsp3) is 0.364. The lowest BCUT2D eigenvalue weighted by Gasteiger charge is -2.06. The standard InChI is InChI=1S/C11H14N2O2/c1-15-11(14)13-10-6-4-9(5-7-10)12-8-2-3-8/h4-8,12H,2-3H2,1H3,(H,13,14). The van der Waals surface area contributed by atoms with E-state index in [9.17, 15) is 4.79 Å². The summed E-state index contributed by atoms with van der Waals surface area (Å²) in [4.78, 5) is 10.9. The van der Waals surface area contributed by atoms with Gasteiger partial charge in [-0.1, -0.05) is 0 Å². The molecular weight excluding hydrogens is 192 g/mol. The Bertz CT molecular complexity index is 344. The fourth-order valence-corrected chi connectivity index (χ4v) is 1.28. The lowest BCUT2D eigenvalue weighted by molar-refractivity contribution is 0.187. The first-order chi connectivity index (χ1) is 7.28. The SMILES string of the molecule is COC(=O)Nc1ccc(NC2CC2)cc1. The maximum absolute atomic E-state index is 10.9. The Kier molecular flexibility index (Phi) is 2.76. The molecule has 4 nitrogen and oxygen atoms in total.